The molecule has 0 aliphatic carbocycles. The third kappa shape index (κ3) is 29.2. The number of carbonyl (C=O) groups excluding carboxylic acids is 4. The number of hydrogen-bond acceptors (Lipinski definition) is 20. The molecule has 0 spiro atoms. The molecule has 24 heteroatoms. The SMILES string of the molecule is CCCCc1cc(O)c(Cn2cc(C[C@H](O)COC(=O)c3cccc(C)c3)c3ccccc32)c(O)c1.CCCCc1cc(O)c(Cn2cc(C[C@H](O)COC(=O)c3cccc(C)c3)c3ccccc32)c(O)c1.CCCCc1cc(O)c(Cn2cc(C[C@H](O)COC(=O)c3cccc(CC)c3)c3ccccc32)c(O)c1.CCCCc1cc(O)c(Cn2cc(C[C@H](O)COC(=O)c3cccc(CC)c3)c3ccccc32)c(O)c1. The Morgan fingerprint density at radius 3 is 0.685 bits per heavy atom. The molecule has 0 aliphatic rings. The van der Waals surface area contributed by atoms with Gasteiger partial charge in [0.05, 0.1) is 95.1 Å². The van der Waals surface area contributed by atoms with Gasteiger partial charge in [0.15, 0.2) is 0 Å². The first kappa shape index (κ1) is 108. The van der Waals surface area contributed by atoms with Gasteiger partial charge in [-0.05, 0) is 255 Å². The Labute approximate surface area is 852 Å². The van der Waals surface area contributed by atoms with Crippen molar-refractivity contribution < 1.29 is 99.4 Å². The molecular weight excluding hydrogens is 1840 g/mol. The summed E-state index contributed by atoms with van der Waals surface area (Å²) in [5.74, 6) is -1.25. The van der Waals surface area contributed by atoms with Gasteiger partial charge in [-0.1, -0.05) is 200 Å². The van der Waals surface area contributed by atoms with Gasteiger partial charge in [-0.25, -0.2) is 19.2 Å². The molecule has 0 bridgehead atoms. The molecule has 0 aliphatic heterocycles. The smallest absolute Gasteiger partial charge is 0.338 e. The zero-order valence-electron chi connectivity index (χ0n) is 84.5. The van der Waals surface area contributed by atoms with E-state index in [2.05, 4.69) is 27.7 Å². The fourth-order valence-corrected chi connectivity index (χ4v) is 18.3. The summed E-state index contributed by atoms with van der Waals surface area (Å²) in [5.41, 5.74) is 18.6. The first-order chi connectivity index (χ1) is 70.5. The molecule has 12 N–H and O–H groups in total. The molecule has 16 aromatic rings. The van der Waals surface area contributed by atoms with Crippen LogP contribution in [-0.2, 0) is 109 Å². The Balaban J connectivity index is 0.000000163. The van der Waals surface area contributed by atoms with Crippen LogP contribution in [0.5, 0.6) is 46.0 Å². The van der Waals surface area contributed by atoms with E-state index in [1.54, 1.807) is 97.1 Å². The first-order valence-corrected chi connectivity index (χ1v) is 50.6. The van der Waals surface area contributed by atoms with E-state index in [4.69, 9.17) is 18.9 Å². The number of hydrogen-bond donors (Lipinski definition) is 12. The predicted molar refractivity (Wildman–Crippen MR) is 572 cm³/mol. The third-order valence-corrected chi connectivity index (χ3v) is 26.2. The van der Waals surface area contributed by atoms with Crippen LogP contribution in [0.3, 0.4) is 0 Å². The third-order valence-electron chi connectivity index (χ3n) is 26.2. The van der Waals surface area contributed by atoms with E-state index in [1.807, 2.05) is 216 Å². The second-order valence-corrected chi connectivity index (χ2v) is 37.7. The lowest BCUT2D eigenvalue weighted by atomic mass is 10.0. The normalized spacial score (nSPS) is 12.1. The highest BCUT2D eigenvalue weighted by Gasteiger charge is 2.26. The van der Waals surface area contributed by atoms with Crippen LogP contribution in [0.2, 0.25) is 0 Å². The van der Waals surface area contributed by atoms with Gasteiger partial charge in [-0.15, -0.1) is 0 Å². The van der Waals surface area contributed by atoms with Crippen LogP contribution < -0.4 is 0 Å². The molecule has 4 heterocycles. The van der Waals surface area contributed by atoms with Crippen molar-refractivity contribution in [3.05, 3.63) is 379 Å². The number of aryl methyl sites for hydroxylation is 8. The van der Waals surface area contributed by atoms with Crippen molar-refractivity contribution in [2.75, 3.05) is 26.4 Å². The first-order valence-electron chi connectivity index (χ1n) is 50.6. The molecule has 146 heavy (non-hydrogen) atoms. The largest absolute Gasteiger partial charge is 0.507 e. The molecule has 764 valence electrons. The highest BCUT2D eigenvalue weighted by molar-refractivity contribution is 5.93. The minimum Gasteiger partial charge on any atom is -0.507 e. The molecule has 4 atom stereocenters. The predicted octanol–water partition coefficient (Wildman–Crippen LogP) is 22.6. The van der Waals surface area contributed by atoms with E-state index < -0.39 is 48.3 Å². The summed E-state index contributed by atoms with van der Waals surface area (Å²) in [6, 6.07) is 73.9. The number of aliphatic hydroxyl groups excluding tert-OH is 4. The average Bonchev–Trinajstić information content (AvgIpc) is 1.64. The average molecular weight is 1980 g/mol. The van der Waals surface area contributed by atoms with Gasteiger partial charge in [0, 0.05) is 94.1 Å². The van der Waals surface area contributed by atoms with E-state index >= 15 is 0 Å². The molecule has 0 saturated heterocycles. The van der Waals surface area contributed by atoms with E-state index in [0.717, 1.165) is 200 Å². The summed E-state index contributed by atoms with van der Waals surface area (Å²) in [7, 11) is 0. The summed E-state index contributed by atoms with van der Waals surface area (Å²) in [5, 5.41) is 132. The molecule has 12 aromatic carbocycles. The lowest BCUT2D eigenvalue weighted by molar-refractivity contribution is 0.0256. The Kier molecular flexibility index (Phi) is 38.9. The van der Waals surface area contributed by atoms with Crippen molar-refractivity contribution in [2.45, 2.75) is 222 Å². The Morgan fingerprint density at radius 2 is 0.473 bits per heavy atom. The van der Waals surface area contributed by atoms with Gasteiger partial charge in [-0.3, -0.25) is 0 Å². The second kappa shape index (κ2) is 52.4. The highest BCUT2D eigenvalue weighted by atomic mass is 16.6. The number of nitrogens with zero attached hydrogens (tertiary/aromatic N) is 4. The van der Waals surface area contributed by atoms with Crippen molar-refractivity contribution in [2.24, 2.45) is 0 Å². The highest BCUT2D eigenvalue weighted by Crippen LogP contribution is 2.39. The Hall–Kier alpha value is -15.1. The number of rotatable bonds is 42. The van der Waals surface area contributed by atoms with Crippen molar-refractivity contribution in [3.63, 3.8) is 0 Å². The van der Waals surface area contributed by atoms with Crippen LogP contribution in [-0.4, -0.2) is 154 Å². The van der Waals surface area contributed by atoms with Crippen LogP contribution in [0.25, 0.3) is 43.6 Å². The van der Waals surface area contributed by atoms with Crippen molar-refractivity contribution in [1.82, 2.24) is 18.3 Å². The summed E-state index contributed by atoms with van der Waals surface area (Å²) in [6.45, 7) is 16.9. The number of aromatic hydroxyl groups is 8. The zero-order chi connectivity index (χ0) is 104. The van der Waals surface area contributed by atoms with E-state index in [9.17, 15) is 80.5 Å². The van der Waals surface area contributed by atoms with Gasteiger partial charge >= 0.3 is 23.9 Å². The zero-order valence-corrected chi connectivity index (χ0v) is 84.5. The fourth-order valence-electron chi connectivity index (χ4n) is 18.3. The number of benzene rings is 12. The topological polar surface area (TPSA) is 368 Å². The molecular formula is C122H136N4O20. The molecule has 0 saturated carbocycles. The van der Waals surface area contributed by atoms with Gasteiger partial charge in [0.2, 0.25) is 0 Å². The van der Waals surface area contributed by atoms with E-state index in [0.29, 0.717) is 70.2 Å². The van der Waals surface area contributed by atoms with Crippen LogP contribution in [0, 0.1) is 13.8 Å². The molecule has 24 nitrogen and oxygen atoms in total. The Bertz CT molecular complexity index is 6630. The summed E-state index contributed by atoms with van der Waals surface area (Å²) >= 11 is 0. The summed E-state index contributed by atoms with van der Waals surface area (Å²) in [4.78, 5) is 49.6. The molecule has 4 aromatic heterocycles. The van der Waals surface area contributed by atoms with Crippen molar-refractivity contribution in [3.8, 4) is 46.0 Å². The number of para-hydroxylation sites is 4. The number of carbonyl (C=O) groups is 4. The number of aliphatic hydroxyl groups is 4. The second-order valence-electron chi connectivity index (χ2n) is 37.7. The molecule has 0 fully saturated rings. The Morgan fingerprint density at radius 1 is 0.260 bits per heavy atom. The van der Waals surface area contributed by atoms with Crippen LogP contribution in [0.4, 0.5) is 0 Å². The number of unbranched alkanes of at least 4 members (excludes halogenated alkanes) is 4. The van der Waals surface area contributed by atoms with Gasteiger partial charge in [-0.2, -0.15) is 0 Å². The maximum Gasteiger partial charge on any atom is 0.338 e. The van der Waals surface area contributed by atoms with Crippen LogP contribution in [0.1, 0.15) is 223 Å². The maximum absolute atomic E-state index is 12.5. The minimum atomic E-state index is -0.878. The van der Waals surface area contributed by atoms with Crippen molar-refractivity contribution >= 4 is 67.5 Å². The molecule has 0 unspecified atom stereocenters. The van der Waals surface area contributed by atoms with Crippen LogP contribution in [0.15, 0.2) is 267 Å². The van der Waals surface area contributed by atoms with Gasteiger partial charge in [0.1, 0.15) is 72.4 Å². The number of phenols is 8. The molecule has 16 rings (SSSR count). The standard InChI is InChI=1S/2C31H35NO5.2C30H33NO5/c2*1-3-5-9-22-15-29(34)27(30(35)16-22)19-32-18-24(26-12-6-7-13-28(26)32)17-25(33)20-37-31(36)23-11-8-10-21(4-2)14-23;2*1-3-4-9-21-14-28(33)26(29(34)15-21)18-31-17-23(25-11-5-6-12-27(25)31)16-24(32)19-36-30(35)22-10-7-8-20(2)13-22/h2*6-8,10-16,18,25,33-35H,3-5,9,17,19-20H2,1-2H3;2*5-8,10-15,17,24,32-34H,3-4,9,16,18-19H2,1-2H3/t2*25-;2*24-/m0000/s1. The lowest BCUT2D eigenvalue weighted by Gasteiger charge is -2.12. The number of esters is 4. The number of fused-ring (bicyclic) bond motifs is 4. The number of ether oxygens (including phenoxy) is 4. The van der Waals surface area contributed by atoms with Crippen molar-refractivity contribution in [1.29, 1.82) is 0 Å². The summed E-state index contributed by atoms with van der Waals surface area (Å²) < 4.78 is 29.3. The monoisotopic (exact) mass is 1980 g/mol. The fraction of sp³-hybridized carbons (Fsp3) is 0.311. The van der Waals surface area contributed by atoms with Gasteiger partial charge in [0.25, 0.3) is 0 Å². The number of aromatic nitrogens is 4. The molecule has 0 amide bonds. The van der Waals surface area contributed by atoms with Crippen LogP contribution >= 0.6 is 0 Å². The van der Waals surface area contributed by atoms with Gasteiger partial charge < -0.3 is 98.5 Å². The molecule has 0 radical (unpaired) electrons. The van der Waals surface area contributed by atoms with E-state index in [1.165, 1.54) is 0 Å². The lowest BCUT2D eigenvalue weighted by Crippen LogP contribution is -2.21. The summed E-state index contributed by atoms with van der Waals surface area (Å²) in [6.07, 6.45) is 18.4. The van der Waals surface area contributed by atoms with E-state index in [-0.39, 0.29) is 98.6 Å². The quantitative estimate of drug-likeness (QED) is 0.0125. The minimum absolute atomic E-state index is 0.0727. The maximum atomic E-state index is 12.5. The number of phenolic OH excluding ortho intramolecular Hbond substituents is 8.